The van der Waals surface area contributed by atoms with Gasteiger partial charge in [0.2, 0.25) is 0 Å². The lowest BCUT2D eigenvalue weighted by molar-refractivity contribution is -0.172. The van der Waals surface area contributed by atoms with Crippen LogP contribution in [0.15, 0.2) is 18.2 Å². The van der Waals surface area contributed by atoms with Crippen molar-refractivity contribution in [1.82, 2.24) is 0 Å². The number of hydrogen-bond acceptors (Lipinski definition) is 3. The third-order valence-electron chi connectivity index (χ3n) is 1.84. The average Bonchev–Trinajstić information content (AvgIpc) is 2.18. The molecular weight excluding hydrogens is 240 g/mol. The SMILES string of the molecule is Nc1cc(F)ccc1NCCOCC(F)(F)F. The first-order chi connectivity index (χ1) is 7.88. The third kappa shape index (κ3) is 5.39. The summed E-state index contributed by atoms with van der Waals surface area (Å²) >= 11 is 0. The van der Waals surface area contributed by atoms with Gasteiger partial charge in [-0.3, -0.25) is 0 Å². The predicted octanol–water partition coefficient (Wildman–Crippen LogP) is 2.40. The van der Waals surface area contributed by atoms with Crippen molar-refractivity contribution in [2.24, 2.45) is 0 Å². The van der Waals surface area contributed by atoms with Gasteiger partial charge in [-0.1, -0.05) is 0 Å². The fourth-order valence-corrected chi connectivity index (χ4v) is 1.14. The molecule has 0 saturated heterocycles. The lowest BCUT2D eigenvalue weighted by Crippen LogP contribution is -2.20. The fraction of sp³-hybridized carbons (Fsp3) is 0.400. The fourth-order valence-electron chi connectivity index (χ4n) is 1.14. The molecule has 0 saturated carbocycles. The number of rotatable bonds is 5. The maximum absolute atomic E-state index is 12.7. The van der Waals surface area contributed by atoms with Crippen LogP contribution in [0, 0.1) is 5.82 Å². The summed E-state index contributed by atoms with van der Waals surface area (Å²) in [5, 5.41) is 2.74. The van der Waals surface area contributed by atoms with E-state index in [-0.39, 0.29) is 18.8 Å². The molecule has 0 aliphatic carbocycles. The number of benzene rings is 1. The van der Waals surface area contributed by atoms with E-state index in [2.05, 4.69) is 10.1 Å². The second-order valence-corrected chi connectivity index (χ2v) is 3.33. The summed E-state index contributed by atoms with van der Waals surface area (Å²) in [6.45, 7) is -1.24. The van der Waals surface area contributed by atoms with Crippen LogP contribution in [0.5, 0.6) is 0 Å². The first kappa shape index (κ1) is 13.6. The van der Waals surface area contributed by atoms with Gasteiger partial charge in [0.25, 0.3) is 0 Å². The van der Waals surface area contributed by atoms with E-state index < -0.39 is 18.6 Å². The molecule has 0 unspecified atom stereocenters. The highest BCUT2D eigenvalue weighted by Gasteiger charge is 2.27. The average molecular weight is 252 g/mol. The van der Waals surface area contributed by atoms with Crippen LogP contribution in [0.4, 0.5) is 28.9 Å². The summed E-state index contributed by atoms with van der Waals surface area (Å²) in [7, 11) is 0. The number of nitrogens with two attached hydrogens (primary N) is 1. The molecule has 0 spiro atoms. The Labute approximate surface area is 95.6 Å². The quantitative estimate of drug-likeness (QED) is 0.480. The van der Waals surface area contributed by atoms with E-state index in [9.17, 15) is 17.6 Å². The highest BCUT2D eigenvalue weighted by molar-refractivity contribution is 5.65. The van der Waals surface area contributed by atoms with E-state index in [1.807, 2.05) is 0 Å². The predicted molar refractivity (Wildman–Crippen MR) is 56.2 cm³/mol. The summed E-state index contributed by atoms with van der Waals surface area (Å²) in [5.74, 6) is -0.471. The number of anilines is 2. The lowest BCUT2D eigenvalue weighted by Gasteiger charge is -2.10. The molecule has 17 heavy (non-hydrogen) atoms. The largest absolute Gasteiger partial charge is 0.411 e. The number of halogens is 4. The zero-order valence-corrected chi connectivity index (χ0v) is 8.85. The molecule has 0 heterocycles. The van der Waals surface area contributed by atoms with Crippen molar-refractivity contribution >= 4 is 11.4 Å². The first-order valence-electron chi connectivity index (χ1n) is 4.82. The Morgan fingerprint density at radius 2 is 2.00 bits per heavy atom. The molecule has 1 aromatic rings. The van der Waals surface area contributed by atoms with Crippen LogP contribution in [-0.4, -0.2) is 25.9 Å². The van der Waals surface area contributed by atoms with Gasteiger partial charge in [0.05, 0.1) is 18.0 Å². The van der Waals surface area contributed by atoms with Crippen LogP contribution < -0.4 is 11.1 Å². The monoisotopic (exact) mass is 252 g/mol. The molecule has 3 nitrogen and oxygen atoms in total. The van der Waals surface area contributed by atoms with Gasteiger partial charge in [-0.25, -0.2) is 4.39 Å². The normalized spacial score (nSPS) is 11.5. The topological polar surface area (TPSA) is 47.3 Å². The number of ether oxygens (including phenoxy) is 1. The molecule has 0 radical (unpaired) electrons. The Hall–Kier alpha value is -1.50. The van der Waals surface area contributed by atoms with E-state index in [4.69, 9.17) is 5.73 Å². The second-order valence-electron chi connectivity index (χ2n) is 3.33. The van der Waals surface area contributed by atoms with E-state index in [0.29, 0.717) is 5.69 Å². The summed E-state index contributed by atoms with van der Waals surface area (Å²) in [6.07, 6.45) is -4.32. The highest BCUT2D eigenvalue weighted by atomic mass is 19.4. The Balaban J connectivity index is 2.27. The van der Waals surface area contributed by atoms with Gasteiger partial charge in [0, 0.05) is 6.54 Å². The Morgan fingerprint density at radius 3 is 2.59 bits per heavy atom. The highest BCUT2D eigenvalue weighted by Crippen LogP contribution is 2.18. The van der Waals surface area contributed by atoms with Gasteiger partial charge >= 0.3 is 6.18 Å². The van der Waals surface area contributed by atoms with Crippen molar-refractivity contribution in [3.05, 3.63) is 24.0 Å². The van der Waals surface area contributed by atoms with Crippen LogP contribution in [-0.2, 0) is 4.74 Å². The molecule has 0 fully saturated rings. The molecule has 7 heteroatoms. The van der Waals surface area contributed by atoms with Crippen molar-refractivity contribution in [2.75, 3.05) is 30.8 Å². The van der Waals surface area contributed by atoms with Crippen LogP contribution >= 0.6 is 0 Å². The summed E-state index contributed by atoms with van der Waals surface area (Å²) in [6, 6.07) is 3.74. The third-order valence-corrected chi connectivity index (χ3v) is 1.84. The smallest absolute Gasteiger partial charge is 0.397 e. The van der Waals surface area contributed by atoms with Crippen molar-refractivity contribution in [3.63, 3.8) is 0 Å². The Morgan fingerprint density at radius 1 is 1.29 bits per heavy atom. The van der Waals surface area contributed by atoms with E-state index in [1.165, 1.54) is 12.1 Å². The van der Waals surface area contributed by atoms with Crippen molar-refractivity contribution in [1.29, 1.82) is 0 Å². The standard InChI is InChI=1S/C10H12F4N2O/c11-7-1-2-9(8(15)5-7)16-3-4-17-6-10(12,13)14/h1-2,5,16H,3-4,6,15H2. The summed E-state index contributed by atoms with van der Waals surface area (Å²) < 4.78 is 52.2. The Bertz CT molecular complexity index is 368. The van der Waals surface area contributed by atoms with Gasteiger partial charge in [0.1, 0.15) is 12.4 Å². The summed E-state index contributed by atoms with van der Waals surface area (Å²) in [4.78, 5) is 0. The number of alkyl halides is 3. The zero-order valence-electron chi connectivity index (χ0n) is 8.85. The molecule has 0 aliphatic heterocycles. The Kier molecular flexibility index (Phi) is 4.56. The minimum Gasteiger partial charge on any atom is -0.397 e. The number of hydrogen-bond donors (Lipinski definition) is 2. The molecule has 96 valence electrons. The zero-order chi connectivity index (χ0) is 12.9. The van der Waals surface area contributed by atoms with Gasteiger partial charge < -0.3 is 15.8 Å². The van der Waals surface area contributed by atoms with Crippen LogP contribution in [0.25, 0.3) is 0 Å². The molecule has 0 bridgehead atoms. The van der Waals surface area contributed by atoms with Crippen molar-refractivity contribution in [3.8, 4) is 0 Å². The van der Waals surface area contributed by atoms with Crippen molar-refractivity contribution in [2.45, 2.75) is 6.18 Å². The van der Waals surface area contributed by atoms with Gasteiger partial charge in [-0.05, 0) is 18.2 Å². The van der Waals surface area contributed by atoms with Gasteiger partial charge in [0.15, 0.2) is 0 Å². The second kappa shape index (κ2) is 5.72. The summed E-state index contributed by atoms with van der Waals surface area (Å²) in [5.41, 5.74) is 6.14. The van der Waals surface area contributed by atoms with Gasteiger partial charge in [-0.15, -0.1) is 0 Å². The van der Waals surface area contributed by atoms with Crippen LogP contribution in [0.3, 0.4) is 0 Å². The van der Waals surface area contributed by atoms with E-state index in [1.54, 1.807) is 0 Å². The van der Waals surface area contributed by atoms with Crippen molar-refractivity contribution < 1.29 is 22.3 Å². The molecular formula is C10H12F4N2O. The molecule has 0 amide bonds. The van der Waals surface area contributed by atoms with E-state index in [0.717, 1.165) is 6.07 Å². The minimum atomic E-state index is -4.32. The lowest BCUT2D eigenvalue weighted by atomic mass is 10.2. The van der Waals surface area contributed by atoms with Crippen LogP contribution in [0.1, 0.15) is 0 Å². The molecule has 1 rings (SSSR count). The maximum atomic E-state index is 12.7. The molecule has 1 aromatic carbocycles. The molecule has 0 atom stereocenters. The van der Waals surface area contributed by atoms with E-state index >= 15 is 0 Å². The minimum absolute atomic E-state index is 0.115. The molecule has 3 N–H and O–H groups in total. The van der Waals surface area contributed by atoms with Crippen LogP contribution in [0.2, 0.25) is 0 Å². The number of nitrogens with one attached hydrogen (secondary N) is 1. The molecule has 0 aromatic heterocycles. The maximum Gasteiger partial charge on any atom is 0.411 e. The molecule has 0 aliphatic rings. The number of nitrogen functional groups attached to an aromatic ring is 1. The first-order valence-corrected chi connectivity index (χ1v) is 4.82. The van der Waals surface area contributed by atoms with Gasteiger partial charge in [-0.2, -0.15) is 13.2 Å².